The lowest BCUT2D eigenvalue weighted by Crippen LogP contribution is -2.40. The molecule has 10 heteroatoms. The molecular formula is C19H19B3N6O. The second-order valence-corrected chi connectivity index (χ2v) is 7.46. The molecule has 1 aliphatic heterocycles. The molecule has 1 amide bonds. The highest BCUT2D eigenvalue weighted by Crippen LogP contribution is 2.24. The van der Waals surface area contributed by atoms with Crippen LogP contribution in [-0.4, -0.2) is 73.2 Å². The molecule has 3 aromatic heterocycles. The molecular weight excluding hydrogens is 361 g/mol. The van der Waals surface area contributed by atoms with E-state index in [-0.39, 0.29) is 11.9 Å². The van der Waals surface area contributed by atoms with Gasteiger partial charge in [-0.25, -0.2) is 4.98 Å². The fraction of sp³-hybridized carbons (Fsp3) is 0.368. The number of fused-ring (bicyclic) bond motifs is 1. The Hall–Kier alpha value is -2.61. The third-order valence-electron chi connectivity index (χ3n) is 5.20. The molecule has 1 saturated heterocycles. The van der Waals surface area contributed by atoms with Gasteiger partial charge in [0.1, 0.15) is 5.82 Å². The molecule has 4 rings (SSSR count). The van der Waals surface area contributed by atoms with Gasteiger partial charge in [-0.3, -0.25) is 19.4 Å². The van der Waals surface area contributed by atoms with Crippen LogP contribution in [0.4, 0.5) is 5.82 Å². The van der Waals surface area contributed by atoms with Crippen molar-refractivity contribution < 1.29 is 4.79 Å². The van der Waals surface area contributed by atoms with Gasteiger partial charge in [-0.05, 0) is 50.2 Å². The van der Waals surface area contributed by atoms with Gasteiger partial charge in [-0.15, -0.1) is 0 Å². The van der Waals surface area contributed by atoms with Gasteiger partial charge < -0.3 is 5.32 Å². The quantitative estimate of drug-likeness (QED) is 0.669. The van der Waals surface area contributed by atoms with E-state index in [9.17, 15) is 4.79 Å². The highest BCUT2D eigenvalue weighted by atomic mass is 16.2. The molecule has 0 saturated carbocycles. The van der Waals surface area contributed by atoms with Gasteiger partial charge in [-0.2, -0.15) is 5.10 Å². The standard InChI is InChI=1S/C19H19B3N6O/c1-12(27-4-2-3-5-27)18(29)26-17-7-13-6-14(8-23-16(13)10-24-17)15-9-25-28(11-15)19(20,21)22/h6-12H,2-5H2,1H3,(H,24,26,29)/t12-/m0/s1. The number of hydrogen-bond acceptors (Lipinski definition) is 5. The molecule has 140 valence electrons. The first-order valence-corrected chi connectivity index (χ1v) is 9.54. The van der Waals surface area contributed by atoms with Crippen LogP contribution in [0.25, 0.3) is 22.0 Å². The fourth-order valence-corrected chi connectivity index (χ4v) is 3.47. The number of amides is 1. The van der Waals surface area contributed by atoms with Crippen LogP contribution in [0.2, 0.25) is 0 Å². The number of carbonyl (C=O) groups is 1. The molecule has 0 unspecified atom stereocenters. The molecule has 1 fully saturated rings. The van der Waals surface area contributed by atoms with Crippen LogP contribution in [0.5, 0.6) is 0 Å². The Morgan fingerprint density at radius 1 is 1.10 bits per heavy atom. The topological polar surface area (TPSA) is 75.9 Å². The summed E-state index contributed by atoms with van der Waals surface area (Å²) in [6.07, 6.45) is 8.90. The summed E-state index contributed by atoms with van der Waals surface area (Å²) in [5, 5.41) is 6.27. The van der Waals surface area contributed by atoms with Crippen LogP contribution >= 0.6 is 0 Å². The minimum atomic E-state index is -1.57. The molecule has 1 atom stereocenters. The van der Waals surface area contributed by atoms with Gasteiger partial charge in [0, 0.05) is 28.9 Å². The highest BCUT2D eigenvalue weighted by Gasteiger charge is 2.24. The molecule has 4 heterocycles. The maximum Gasteiger partial charge on any atom is 0.242 e. The Kier molecular flexibility index (Phi) is 5.21. The van der Waals surface area contributed by atoms with E-state index in [2.05, 4.69) is 25.3 Å². The summed E-state index contributed by atoms with van der Waals surface area (Å²) in [5.74, 6) is 0.433. The number of nitrogens with one attached hydrogen (secondary N) is 1. The lowest BCUT2D eigenvalue weighted by atomic mass is 9.49. The van der Waals surface area contributed by atoms with E-state index < -0.39 is 5.24 Å². The molecule has 6 radical (unpaired) electrons. The van der Waals surface area contributed by atoms with Crippen LogP contribution < -0.4 is 5.32 Å². The second kappa shape index (κ2) is 7.67. The minimum absolute atomic E-state index is 0.0608. The van der Waals surface area contributed by atoms with E-state index >= 15 is 0 Å². The lowest BCUT2D eigenvalue weighted by Gasteiger charge is -2.22. The normalized spacial score (nSPS) is 16.2. The number of aromatic nitrogens is 4. The molecule has 0 aliphatic carbocycles. The van der Waals surface area contributed by atoms with Crippen molar-refractivity contribution in [1.29, 1.82) is 0 Å². The number of hydrogen-bond donors (Lipinski definition) is 1. The van der Waals surface area contributed by atoms with E-state index in [4.69, 9.17) is 23.5 Å². The van der Waals surface area contributed by atoms with E-state index in [1.54, 1.807) is 24.8 Å². The number of anilines is 1. The molecule has 3 aromatic rings. The zero-order chi connectivity index (χ0) is 20.6. The van der Waals surface area contributed by atoms with E-state index in [0.29, 0.717) is 5.82 Å². The number of likely N-dealkylation sites (tertiary alicyclic amines) is 1. The van der Waals surface area contributed by atoms with Crippen LogP contribution in [-0.2, 0) is 10.0 Å². The molecule has 1 aliphatic rings. The van der Waals surface area contributed by atoms with Gasteiger partial charge >= 0.3 is 0 Å². The van der Waals surface area contributed by atoms with Gasteiger partial charge in [0.25, 0.3) is 0 Å². The van der Waals surface area contributed by atoms with E-state index in [1.807, 2.05) is 19.1 Å². The zero-order valence-electron chi connectivity index (χ0n) is 16.2. The first-order chi connectivity index (χ1) is 13.8. The van der Waals surface area contributed by atoms with Gasteiger partial charge in [0.05, 0.1) is 47.5 Å². The van der Waals surface area contributed by atoms with Crippen molar-refractivity contribution in [2.75, 3.05) is 18.4 Å². The van der Waals surface area contributed by atoms with Crippen molar-refractivity contribution in [2.24, 2.45) is 0 Å². The van der Waals surface area contributed by atoms with Crippen LogP contribution in [0.1, 0.15) is 19.8 Å². The molecule has 0 spiro atoms. The highest BCUT2D eigenvalue weighted by molar-refractivity contribution is 6.56. The maximum atomic E-state index is 12.6. The fourth-order valence-electron chi connectivity index (χ4n) is 3.47. The monoisotopic (exact) mass is 380 g/mol. The van der Waals surface area contributed by atoms with Gasteiger partial charge in [-0.1, -0.05) is 0 Å². The largest absolute Gasteiger partial charge is 0.309 e. The SMILES string of the molecule is [B]C([B])([B])n1cc(-c2cnc3cnc(NC(=O)[C@H](C)N4CCCC4)cc3c2)cn1. The van der Waals surface area contributed by atoms with Crippen LogP contribution in [0, 0.1) is 0 Å². The Labute approximate surface area is 173 Å². The zero-order valence-corrected chi connectivity index (χ0v) is 16.2. The van der Waals surface area contributed by atoms with E-state index in [1.165, 1.54) is 4.68 Å². The second-order valence-electron chi connectivity index (χ2n) is 7.46. The minimum Gasteiger partial charge on any atom is -0.309 e. The van der Waals surface area contributed by atoms with Crippen molar-refractivity contribution in [3.05, 3.63) is 36.9 Å². The number of pyridine rings is 2. The van der Waals surface area contributed by atoms with Crippen molar-refractivity contribution in [2.45, 2.75) is 31.0 Å². The summed E-state index contributed by atoms with van der Waals surface area (Å²) in [6, 6.07) is 3.56. The first kappa shape index (κ1) is 19.7. The van der Waals surface area contributed by atoms with Gasteiger partial charge in [0.2, 0.25) is 5.91 Å². The first-order valence-electron chi connectivity index (χ1n) is 9.54. The summed E-state index contributed by atoms with van der Waals surface area (Å²) in [6.45, 7) is 3.83. The molecule has 7 nitrogen and oxygen atoms in total. The summed E-state index contributed by atoms with van der Waals surface area (Å²) in [4.78, 5) is 23.5. The van der Waals surface area contributed by atoms with Crippen molar-refractivity contribution in [3.63, 3.8) is 0 Å². The molecule has 0 aromatic carbocycles. The Morgan fingerprint density at radius 2 is 1.86 bits per heavy atom. The van der Waals surface area contributed by atoms with Crippen molar-refractivity contribution >= 4 is 46.2 Å². The third-order valence-corrected chi connectivity index (χ3v) is 5.20. The van der Waals surface area contributed by atoms with E-state index in [0.717, 1.165) is 48.0 Å². The van der Waals surface area contributed by atoms with Crippen LogP contribution in [0.15, 0.2) is 36.9 Å². The van der Waals surface area contributed by atoms with Crippen LogP contribution in [0.3, 0.4) is 0 Å². The Bertz CT molecular complexity index is 1040. The summed E-state index contributed by atoms with van der Waals surface area (Å²) in [7, 11) is 17.0. The maximum absolute atomic E-state index is 12.6. The molecule has 29 heavy (non-hydrogen) atoms. The number of carbonyl (C=O) groups excluding carboxylic acids is 1. The summed E-state index contributed by atoms with van der Waals surface area (Å²) >= 11 is 0. The van der Waals surface area contributed by atoms with Gasteiger partial charge in [0.15, 0.2) is 0 Å². The summed E-state index contributed by atoms with van der Waals surface area (Å²) in [5.41, 5.74) is 2.31. The van der Waals surface area contributed by atoms with Crippen molar-refractivity contribution in [3.8, 4) is 11.1 Å². The molecule has 1 N–H and O–H groups in total. The number of rotatable bonds is 5. The average molecular weight is 380 g/mol. The predicted molar refractivity (Wildman–Crippen MR) is 115 cm³/mol. The number of nitrogens with zero attached hydrogens (tertiary/aromatic N) is 5. The average Bonchev–Trinajstić information content (AvgIpc) is 3.38. The Balaban J connectivity index is 1.56. The third kappa shape index (κ3) is 4.22. The Morgan fingerprint density at radius 3 is 2.55 bits per heavy atom. The smallest absolute Gasteiger partial charge is 0.242 e. The van der Waals surface area contributed by atoms with Crippen molar-refractivity contribution in [1.82, 2.24) is 24.6 Å². The predicted octanol–water partition coefficient (Wildman–Crippen LogP) is 0.989. The molecule has 0 bridgehead atoms. The lowest BCUT2D eigenvalue weighted by molar-refractivity contribution is -0.120. The summed E-state index contributed by atoms with van der Waals surface area (Å²) < 4.78 is 1.28.